The summed E-state index contributed by atoms with van der Waals surface area (Å²) in [7, 11) is 0. The zero-order valence-electron chi connectivity index (χ0n) is 19.2. The number of carbonyl (C=O) groups excluding carboxylic acids is 2. The van der Waals surface area contributed by atoms with E-state index in [1.54, 1.807) is 12.1 Å². The lowest BCUT2D eigenvalue weighted by molar-refractivity contribution is -0.147. The second-order valence-corrected chi connectivity index (χ2v) is 8.99. The van der Waals surface area contributed by atoms with Gasteiger partial charge in [0.1, 0.15) is 12.1 Å². The van der Waals surface area contributed by atoms with Crippen LogP contribution in [0.2, 0.25) is 0 Å². The Balaban J connectivity index is 1.32. The molecule has 1 aromatic heterocycles. The predicted molar refractivity (Wildman–Crippen MR) is 129 cm³/mol. The van der Waals surface area contributed by atoms with Crippen molar-refractivity contribution < 1.29 is 24.2 Å². The molecular weight excluding hydrogens is 446 g/mol. The molecule has 1 aliphatic carbocycles. The minimum absolute atomic E-state index is 0.0182. The Bertz CT molecular complexity index is 1280. The monoisotopic (exact) mass is 471 g/mol. The largest absolute Gasteiger partial charge is 0.480 e. The number of carbonyl (C=O) groups is 3. The number of nitrogens with one attached hydrogen (secondary N) is 1. The van der Waals surface area contributed by atoms with Crippen molar-refractivity contribution in [3.05, 3.63) is 83.7 Å². The van der Waals surface area contributed by atoms with Gasteiger partial charge in [-0.25, -0.2) is 14.6 Å². The molecule has 1 fully saturated rings. The van der Waals surface area contributed by atoms with Gasteiger partial charge in [-0.2, -0.15) is 0 Å². The molecule has 0 unspecified atom stereocenters. The zero-order valence-corrected chi connectivity index (χ0v) is 19.2. The summed E-state index contributed by atoms with van der Waals surface area (Å²) in [5.74, 6) is -1.70. The molecule has 8 heteroatoms. The van der Waals surface area contributed by atoms with E-state index in [4.69, 9.17) is 4.74 Å². The summed E-state index contributed by atoms with van der Waals surface area (Å²) in [6, 6.07) is 19.2. The molecule has 1 aliphatic heterocycles. The van der Waals surface area contributed by atoms with Crippen LogP contribution >= 0.6 is 0 Å². The number of aromatic nitrogens is 1. The molecule has 0 spiro atoms. The van der Waals surface area contributed by atoms with E-state index in [0.29, 0.717) is 19.4 Å². The van der Waals surface area contributed by atoms with Crippen LogP contribution in [0.25, 0.3) is 11.1 Å². The number of anilines is 1. The molecule has 0 bridgehead atoms. The molecule has 1 saturated heterocycles. The van der Waals surface area contributed by atoms with E-state index in [0.717, 1.165) is 22.3 Å². The van der Waals surface area contributed by atoms with Crippen LogP contribution in [0.1, 0.15) is 47.3 Å². The third kappa shape index (κ3) is 3.90. The van der Waals surface area contributed by atoms with Gasteiger partial charge < -0.3 is 14.7 Å². The lowest BCUT2D eigenvalue weighted by Crippen LogP contribution is -2.51. The quantitative estimate of drug-likeness (QED) is 0.566. The van der Waals surface area contributed by atoms with Gasteiger partial charge in [-0.05, 0) is 54.2 Å². The molecule has 0 saturated carbocycles. The highest BCUT2D eigenvalue weighted by molar-refractivity contribution is 6.03. The van der Waals surface area contributed by atoms with Gasteiger partial charge in [0.25, 0.3) is 5.91 Å². The normalized spacial score (nSPS) is 18.6. The van der Waals surface area contributed by atoms with Crippen molar-refractivity contribution in [2.45, 2.75) is 31.2 Å². The van der Waals surface area contributed by atoms with Crippen molar-refractivity contribution >= 4 is 23.7 Å². The van der Waals surface area contributed by atoms with E-state index in [-0.39, 0.29) is 23.9 Å². The number of amides is 2. The van der Waals surface area contributed by atoms with Gasteiger partial charge in [0.15, 0.2) is 5.69 Å². The van der Waals surface area contributed by atoms with Gasteiger partial charge in [-0.15, -0.1) is 0 Å². The summed E-state index contributed by atoms with van der Waals surface area (Å²) in [6.45, 7) is 1.97. The molecule has 0 radical (unpaired) electrons. The fraction of sp³-hybridized carbons (Fsp3) is 0.259. The summed E-state index contributed by atoms with van der Waals surface area (Å²) in [5, 5.41) is 12.3. The number of hydrogen-bond acceptors (Lipinski definition) is 5. The number of likely N-dealkylation sites (tertiary alicyclic amines) is 1. The Morgan fingerprint density at radius 2 is 1.71 bits per heavy atom. The Labute approximate surface area is 202 Å². The molecule has 2 amide bonds. The maximum atomic E-state index is 13.2. The van der Waals surface area contributed by atoms with E-state index < -0.39 is 23.5 Å². The van der Waals surface area contributed by atoms with Gasteiger partial charge in [0, 0.05) is 18.7 Å². The van der Waals surface area contributed by atoms with Crippen molar-refractivity contribution in [1.29, 1.82) is 0 Å². The van der Waals surface area contributed by atoms with Gasteiger partial charge >= 0.3 is 12.1 Å². The Hall–Kier alpha value is -4.20. The number of rotatable bonds is 5. The molecule has 178 valence electrons. The Kier molecular flexibility index (Phi) is 5.72. The minimum Gasteiger partial charge on any atom is -0.480 e. The number of aliphatic carboxylic acids is 1. The summed E-state index contributed by atoms with van der Waals surface area (Å²) in [6.07, 6.45) is 1.66. The Morgan fingerprint density at radius 3 is 2.37 bits per heavy atom. The zero-order chi connectivity index (χ0) is 24.6. The molecule has 8 nitrogen and oxygen atoms in total. The predicted octanol–water partition coefficient (Wildman–Crippen LogP) is 4.52. The second kappa shape index (κ2) is 8.87. The summed E-state index contributed by atoms with van der Waals surface area (Å²) >= 11 is 0. The first-order chi connectivity index (χ1) is 16.9. The highest BCUT2D eigenvalue weighted by atomic mass is 16.5. The maximum Gasteiger partial charge on any atom is 0.411 e. The van der Waals surface area contributed by atoms with Crippen LogP contribution in [-0.2, 0) is 9.53 Å². The van der Waals surface area contributed by atoms with Crippen LogP contribution in [0.4, 0.5) is 10.5 Å². The number of fused-ring (bicyclic) bond motifs is 3. The van der Waals surface area contributed by atoms with Crippen LogP contribution in [0.5, 0.6) is 0 Å². The second-order valence-electron chi connectivity index (χ2n) is 8.99. The number of nitrogens with zero attached hydrogens (tertiary/aromatic N) is 2. The van der Waals surface area contributed by atoms with Crippen LogP contribution in [0.3, 0.4) is 0 Å². The molecule has 2 aliphatic rings. The Morgan fingerprint density at radius 1 is 1.06 bits per heavy atom. The van der Waals surface area contributed by atoms with Gasteiger partial charge in [-0.1, -0.05) is 48.5 Å². The average Bonchev–Trinajstić information content (AvgIpc) is 3.42. The van der Waals surface area contributed by atoms with E-state index >= 15 is 0 Å². The first kappa shape index (κ1) is 22.6. The molecule has 1 atom stereocenters. The molecule has 3 aromatic rings. The molecule has 35 heavy (non-hydrogen) atoms. The highest BCUT2D eigenvalue weighted by Gasteiger charge is 2.46. The molecule has 2 aromatic carbocycles. The van der Waals surface area contributed by atoms with Crippen LogP contribution in [0, 0.1) is 0 Å². The topological polar surface area (TPSA) is 109 Å². The van der Waals surface area contributed by atoms with Crippen molar-refractivity contribution in [3.63, 3.8) is 0 Å². The number of carboxylic acid groups (broad SMARTS) is 1. The standard InChI is InChI=1S/C27H25N3O5/c1-27(25(32)33)13-7-15-30(27)24(31)23-22(12-6-14-28-23)29-26(34)35-16-21-19-10-4-2-8-17(19)18-9-3-5-11-20(18)21/h2-6,8-12,14,21H,7,13,15-16H2,1H3,(H,29,34)(H,32,33)/t27-/m1/s1. The van der Waals surface area contributed by atoms with E-state index in [1.165, 1.54) is 18.0 Å². The smallest absolute Gasteiger partial charge is 0.411 e. The number of pyridine rings is 1. The first-order valence-corrected chi connectivity index (χ1v) is 11.5. The fourth-order valence-electron chi connectivity index (χ4n) is 5.06. The van der Waals surface area contributed by atoms with E-state index in [2.05, 4.69) is 22.4 Å². The van der Waals surface area contributed by atoms with Crippen molar-refractivity contribution in [2.24, 2.45) is 0 Å². The number of carboxylic acids is 1. The van der Waals surface area contributed by atoms with Crippen LogP contribution in [-0.4, -0.2) is 51.7 Å². The van der Waals surface area contributed by atoms with Gasteiger partial charge in [0.05, 0.1) is 5.69 Å². The lowest BCUT2D eigenvalue weighted by Gasteiger charge is -2.31. The first-order valence-electron chi connectivity index (χ1n) is 11.5. The van der Waals surface area contributed by atoms with Crippen molar-refractivity contribution in [1.82, 2.24) is 9.88 Å². The van der Waals surface area contributed by atoms with Crippen molar-refractivity contribution in [3.8, 4) is 11.1 Å². The summed E-state index contributed by atoms with van der Waals surface area (Å²) < 4.78 is 5.59. The molecule has 2 heterocycles. The molecule has 5 rings (SSSR count). The number of hydrogen-bond donors (Lipinski definition) is 2. The molecule has 2 N–H and O–H groups in total. The number of benzene rings is 2. The van der Waals surface area contributed by atoms with E-state index in [1.807, 2.05) is 36.4 Å². The number of ether oxygens (including phenoxy) is 1. The average molecular weight is 472 g/mol. The third-order valence-corrected chi connectivity index (χ3v) is 6.94. The maximum absolute atomic E-state index is 13.2. The van der Waals surface area contributed by atoms with E-state index in [9.17, 15) is 19.5 Å². The van der Waals surface area contributed by atoms with Gasteiger partial charge in [-0.3, -0.25) is 10.1 Å². The van der Waals surface area contributed by atoms with Crippen LogP contribution < -0.4 is 5.32 Å². The third-order valence-electron chi connectivity index (χ3n) is 6.94. The van der Waals surface area contributed by atoms with Crippen LogP contribution in [0.15, 0.2) is 66.9 Å². The summed E-state index contributed by atoms with van der Waals surface area (Å²) in [5.41, 5.74) is 3.30. The lowest BCUT2D eigenvalue weighted by atomic mass is 9.98. The fourth-order valence-corrected chi connectivity index (χ4v) is 5.06. The minimum atomic E-state index is -1.31. The highest BCUT2D eigenvalue weighted by Crippen LogP contribution is 2.44. The molecular formula is C27H25N3O5. The summed E-state index contributed by atoms with van der Waals surface area (Å²) in [4.78, 5) is 43.2. The SMILES string of the molecule is C[C@]1(C(=O)O)CCCN1C(=O)c1ncccc1NC(=O)OCC1c2ccccc2-c2ccccc21. The van der Waals surface area contributed by atoms with Gasteiger partial charge in [0.2, 0.25) is 0 Å². The van der Waals surface area contributed by atoms with Crippen molar-refractivity contribution in [2.75, 3.05) is 18.5 Å².